The first-order chi connectivity index (χ1) is 10.1. The van der Waals surface area contributed by atoms with E-state index in [9.17, 15) is 4.79 Å². The van der Waals surface area contributed by atoms with Crippen LogP contribution in [0.25, 0.3) is 0 Å². The number of anilines is 1. The largest absolute Gasteiger partial charge is 0.486 e. The molecule has 8 heteroatoms. The summed E-state index contributed by atoms with van der Waals surface area (Å²) in [6.07, 6.45) is 0. The molecule has 1 heterocycles. The molecule has 0 unspecified atom stereocenters. The Morgan fingerprint density at radius 3 is 2.67 bits per heavy atom. The molecule has 0 fully saturated rings. The van der Waals surface area contributed by atoms with Crippen LogP contribution in [0.1, 0.15) is 9.67 Å². The van der Waals surface area contributed by atoms with Crippen LogP contribution in [-0.2, 0) is 0 Å². The van der Waals surface area contributed by atoms with Gasteiger partial charge < -0.3 is 21.0 Å². The summed E-state index contributed by atoms with van der Waals surface area (Å²) in [4.78, 5) is 12.4. The summed E-state index contributed by atoms with van der Waals surface area (Å²) < 4.78 is 5.26. The van der Waals surface area contributed by atoms with E-state index in [-0.39, 0.29) is 18.3 Å². The lowest BCUT2D eigenvalue weighted by molar-refractivity contribution is 0.103. The van der Waals surface area contributed by atoms with Gasteiger partial charge in [0.2, 0.25) is 0 Å². The first-order valence-electron chi connectivity index (χ1n) is 5.83. The molecular formula is C13H12ClN3O3S. The number of carbonyl (C=O) groups is 1. The average molecular weight is 326 g/mol. The third-order valence-corrected chi connectivity index (χ3v) is 3.79. The maximum atomic E-state index is 12.0. The fraction of sp³-hybridized carbons (Fsp3) is 0.0769. The van der Waals surface area contributed by atoms with E-state index in [1.807, 2.05) is 0 Å². The Morgan fingerprint density at radius 2 is 2.10 bits per heavy atom. The number of nitrogens with one attached hydrogen (secondary N) is 1. The molecule has 6 nitrogen and oxygen atoms in total. The van der Waals surface area contributed by atoms with E-state index in [1.54, 1.807) is 35.7 Å². The number of thiophene rings is 1. The molecule has 4 N–H and O–H groups in total. The number of oxime groups is 1. The summed E-state index contributed by atoms with van der Waals surface area (Å²) in [6.45, 7) is -0.0208. The number of ether oxygens (including phenoxy) is 1. The fourth-order valence-corrected chi connectivity index (χ4v) is 2.50. The van der Waals surface area contributed by atoms with E-state index in [0.717, 1.165) is 0 Å². The van der Waals surface area contributed by atoms with Crippen molar-refractivity contribution in [3.63, 3.8) is 0 Å². The van der Waals surface area contributed by atoms with Gasteiger partial charge in [0, 0.05) is 5.69 Å². The standard InChI is InChI=1S/C13H12ClN3O3S/c14-10-5-6-21-12(10)13(18)16-8-1-3-9(4-2-8)20-7-11(15)17-19/h1-6,19H,7H2,(H2,15,17)(H,16,18). The van der Waals surface area contributed by atoms with Gasteiger partial charge in [-0.15, -0.1) is 11.3 Å². The average Bonchev–Trinajstić information content (AvgIpc) is 2.92. The van der Waals surface area contributed by atoms with E-state index < -0.39 is 0 Å². The van der Waals surface area contributed by atoms with Gasteiger partial charge in [0.1, 0.15) is 17.2 Å². The molecular weight excluding hydrogens is 314 g/mol. The van der Waals surface area contributed by atoms with Crippen LogP contribution in [0.4, 0.5) is 5.69 Å². The van der Waals surface area contributed by atoms with Crippen LogP contribution in [0.5, 0.6) is 5.75 Å². The zero-order chi connectivity index (χ0) is 15.2. The molecule has 0 aliphatic heterocycles. The molecule has 0 atom stereocenters. The number of halogens is 1. The molecule has 0 saturated heterocycles. The predicted octanol–water partition coefficient (Wildman–Crippen LogP) is 2.78. The van der Waals surface area contributed by atoms with E-state index in [1.165, 1.54) is 11.3 Å². The second-order valence-electron chi connectivity index (χ2n) is 3.96. The van der Waals surface area contributed by atoms with Crippen molar-refractivity contribution in [2.24, 2.45) is 10.9 Å². The molecule has 2 rings (SSSR count). The Hall–Kier alpha value is -2.25. The molecule has 21 heavy (non-hydrogen) atoms. The third kappa shape index (κ3) is 4.11. The van der Waals surface area contributed by atoms with Gasteiger partial charge in [-0.2, -0.15) is 0 Å². The van der Waals surface area contributed by atoms with Crippen LogP contribution in [0, 0.1) is 0 Å². The molecule has 1 aromatic heterocycles. The van der Waals surface area contributed by atoms with Gasteiger partial charge in [0.15, 0.2) is 5.84 Å². The Labute approximate surface area is 129 Å². The summed E-state index contributed by atoms with van der Waals surface area (Å²) >= 11 is 7.17. The van der Waals surface area contributed by atoms with Crippen molar-refractivity contribution in [2.75, 3.05) is 11.9 Å². The van der Waals surface area contributed by atoms with Gasteiger partial charge in [-0.25, -0.2) is 0 Å². The molecule has 1 amide bonds. The van der Waals surface area contributed by atoms with Crippen molar-refractivity contribution < 1.29 is 14.7 Å². The van der Waals surface area contributed by atoms with Crippen LogP contribution in [-0.4, -0.2) is 23.6 Å². The number of benzene rings is 1. The van der Waals surface area contributed by atoms with Crippen molar-refractivity contribution in [3.05, 3.63) is 45.6 Å². The predicted molar refractivity (Wildman–Crippen MR) is 82.6 cm³/mol. The Kier molecular flexibility index (Phi) is 5.02. The Balaban J connectivity index is 1.96. The maximum absolute atomic E-state index is 12.0. The number of amidine groups is 1. The minimum absolute atomic E-state index is 0.0208. The second kappa shape index (κ2) is 6.96. The molecule has 0 spiro atoms. The van der Waals surface area contributed by atoms with Crippen molar-refractivity contribution in [1.29, 1.82) is 0 Å². The van der Waals surface area contributed by atoms with E-state index in [0.29, 0.717) is 21.3 Å². The SMILES string of the molecule is N/C(COc1ccc(NC(=O)c2sccc2Cl)cc1)=N/O. The summed E-state index contributed by atoms with van der Waals surface area (Å²) in [7, 11) is 0. The van der Waals surface area contributed by atoms with Gasteiger partial charge in [0.25, 0.3) is 5.91 Å². The van der Waals surface area contributed by atoms with Crippen molar-refractivity contribution in [3.8, 4) is 5.75 Å². The van der Waals surface area contributed by atoms with Crippen molar-refractivity contribution in [2.45, 2.75) is 0 Å². The number of rotatable bonds is 5. The van der Waals surface area contributed by atoms with Gasteiger partial charge in [-0.1, -0.05) is 16.8 Å². The first kappa shape index (κ1) is 15.1. The Morgan fingerprint density at radius 1 is 1.38 bits per heavy atom. The molecule has 0 radical (unpaired) electrons. The molecule has 2 aromatic rings. The van der Waals surface area contributed by atoms with Crippen LogP contribution in [0.2, 0.25) is 5.02 Å². The lowest BCUT2D eigenvalue weighted by Crippen LogP contribution is -2.20. The number of hydrogen-bond acceptors (Lipinski definition) is 5. The normalized spacial score (nSPS) is 11.2. The maximum Gasteiger partial charge on any atom is 0.267 e. The van der Waals surface area contributed by atoms with Gasteiger partial charge in [-0.3, -0.25) is 4.79 Å². The van der Waals surface area contributed by atoms with E-state index >= 15 is 0 Å². The molecule has 0 aliphatic carbocycles. The highest BCUT2D eigenvalue weighted by molar-refractivity contribution is 7.12. The topological polar surface area (TPSA) is 96.9 Å². The van der Waals surface area contributed by atoms with Crippen molar-refractivity contribution in [1.82, 2.24) is 0 Å². The van der Waals surface area contributed by atoms with Gasteiger partial charge in [-0.05, 0) is 35.7 Å². The number of nitrogens with two attached hydrogens (primary N) is 1. The minimum atomic E-state index is -0.264. The summed E-state index contributed by atoms with van der Waals surface area (Å²) in [6, 6.07) is 8.36. The molecule has 0 saturated carbocycles. The summed E-state index contributed by atoms with van der Waals surface area (Å²) in [5.74, 6) is 0.244. The lowest BCUT2D eigenvalue weighted by atomic mass is 10.3. The van der Waals surface area contributed by atoms with Gasteiger partial charge >= 0.3 is 0 Å². The lowest BCUT2D eigenvalue weighted by Gasteiger charge is -2.07. The zero-order valence-electron chi connectivity index (χ0n) is 10.7. The third-order valence-electron chi connectivity index (χ3n) is 2.45. The van der Waals surface area contributed by atoms with Crippen LogP contribution in [0.3, 0.4) is 0 Å². The zero-order valence-corrected chi connectivity index (χ0v) is 12.3. The smallest absolute Gasteiger partial charge is 0.267 e. The number of nitrogens with zero attached hydrogens (tertiary/aromatic N) is 1. The second-order valence-corrected chi connectivity index (χ2v) is 5.28. The fourth-order valence-electron chi connectivity index (χ4n) is 1.46. The van der Waals surface area contributed by atoms with E-state index in [2.05, 4.69) is 10.5 Å². The monoisotopic (exact) mass is 325 g/mol. The number of hydrogen-bond donors (Lipinski definition) is 3. The van der Waals surface area contributed by atoms with Gasteiger partial charge in [0.05, 0.1) is 5.02 Å². The molecule has 0 aliphatic rings. The summed E-state index contributed by atoms with van der Waals surface area (Å²) in [5.41, 5.74) is 5.90. The van der Waals surface area contributed by atoms with Crippen LogP contribution >= 0.6 is 22.9 Å². The minimum Gasteiger partial charge on any atom is -0.486 e. The molecule has 1 aromatic carbocycles. The molecule has 110 valence electrons. The van der Waals surface area contributed by atoms with E-state index in [4.69, 9.17) is 27.3 Å². The highest BCUT2D eigenvalue weighted by atomic mass is 35.5. The van der Waals surface area contributed by atoms with Crippen molar-refractivity contribution >= 4 is 40.4 Å². The highest BCUT2D eigenvalue weighted by Gasteiger charge is 2.11. The van der Waals surface area contributed by atoms with Crippen LogP contribution < -0.4 is 15.8 Å². The number of amides is 1. The summed E-state index contributed by atoms with van der Waals surface area (Å²) in [5, 5.41) is 16.1. The Bertz CT molecular complexity index is 655. The van der Waals surface area contributed by atoms with Crippen LogP contribution in [0.15, 0.2) is 40.9 Å². The quantitative estimate of drug-likeness (QED) is 0.341. The first-order valence-corrected chi connectivity index (χ1v) is 7.09. The molecule has 0 bridgehead atoms. The number of carbonyl (C=O) groups excluding carboxylic acids is 1. The highest BCUT2D eigenvalue weighted by Crippen LogP contribution is 2.23.